The lowest BCUT2D eigenvalue weighted by atomic mass is 10.0. The predicted molar refractivity (Wildman–Crippen MR) is 94.9 cm³/mol. The number of rotatable bonds is 8. The van der Waals surface area contributed by atoms with Crippen molar-refractivity contribution in [3.63, 3.8) is 0 Å². The van der Waals surface area contributed by atoms with Crippen LogP contribution in [0, 0.1) is 0 Å². The number of carboxylic acids is 1. The summed E-state index contributed by atoms with van der Waals surface area (Å²) in [5.74, 6) is -1.78. The largest absolute Gasteiger partial charge is 0.480 e. The van der Waals surface area contributed by atoms with Crippen LogP contribution in [-0.4, -0.2) is 36.4 Å². The van der Waals surface area contributed by atoms with Crippen molar-refractivity contribution >= 4 is 27.6 Å². The maximum atomic E-state index is 12.2. The minimum atomic E-state index is -3.92. The van der Waals surface area contributed by atoms with E-state index in [9.17, 15) is 23.4 Å². The molecule has 0 saturated heterocycles. The molecule has 2 rings (SSSR count). The number of aliphatic hydroxyl groups is 1. The van der Waals surface area contributed by atoms with Gasteiger partial charge in [0.2, 0.25) is 10.0 Å². The van der Waals surface area contributed by atoms with Gasteiger partial charge in [-0.25, -0.2) is 8.42 Å². The summed E-state index contributed by atoms with van der Waals surface area (Å²) >= 11 is 5.85. The van der Waals surface area contributed by atoms with Crippen molar-refractivity contribution < 1.29 is 23.4 Å². The summed E-state index contributed by atoms with van der Waals surface area (Å²) in [5.41, 5.74) is 1.03. The summed E-state index contributed by atoms with van der Waals surface area (Å²) in [6.07, 6.45) is -1.33. The molecule has 2 aromatic carbocycles. The molecule has 2 atom stereocenters. The minimum absolute atomic E-state index is 0.170. The molecule has 0 amide bonds. The maximum absolute atomic E-state index is 12.2. The van der Waals surface area contributed by atoms with Crippen LogP contribution in [0.3, 0.4) is 0 Å². The number of aliphatic hydroxyl groups excluding tert-OH is 1. The number of aryl methyl sites for hydroxylation is 1. The Morgan fingerprint density at radius 3 is 2.40 bits per heavy atom. The average Bonchev–Trinajstić information content (AvgIpc) is 2.58. The third-order valence-electron chi connectivity index (χ3n) is 3.58. The second-order valence-electron chi connectivity index (χ2n) is 5.49. The topological polar surface area (TPSA) is 104 Å². The van der Waals surface area contributed by atoms with E-state index in [1.807, 2.05) is 0 Å². The first kappa shape index (κ1) is 19.4. The Hall–Kier alpha value is -1.93. The number of carboxylic acid groups (broad SMARTS) is 1. The molecular formula is C17H18ClNO5S. The van der Waals surface area contributed by atoms with Gasteiger partial charge in [-0.15, -0.1) is 0 Å². The molecule has 0 bridgehead atoms. The van der Waals surface area contributed by atoms with Gasteiger partial charge in [0.15, 0.2) is 0 Å². The van der Waals surface area contributed by atoms with E-state index in [-0.39, 0.29) is 12.2 Å². The SMILES string of the molecule is O=C(O)C(NS(=O)(=O)CCc1cccc(Cl)c1)C(O)c1ccccc1. The quantitative estimate of drug-likeness (QED) is 0.646. The molecule has 8 heteroatoms. The number of benzene rings is 2. The maximum Gasteiger partial charge on any atom is 0.324 e. The van der Waals surface area contributed by atoms with Gasteiger partial charge in [-0.05, 0) is 29.7 Å². The molecule has 0 aliphatic carbocycles. The van der Waals surface area contributed by atoms with E-state index in [2.05, 4.69) is 4.72 Å². The number of sulfonamides is 1. The molecule has 0 radical (unpaired) electrons. The van der Waals surface area contributed by atoms with Gasteiger partial charge in [0.1, 0.15) is 12.1 Å². The fourth-order valence-corrected chi connectivity index (χ4v) is 3.74. The van der Waals surface area contributed by atoms with Gasteiger partial charge in [0.05, 0.1) is 5.75 Å². The van der Waals surface area contributed by atoms with E-state index < -0.39 is 28.1 Å². The molecule has 134 valence electrons. The first-order chi connectivity index (χ1) is 11.8. The molecular weight excluding hydrogens is 366 g/mol. The van der Waals surface area contributed by atoms with Gasteiger partial charge in [0.25, 0.3) is 0 Å². The molecule has 0 aliphatic heterocycles. The highest BCUT2D eigenvalue weighted by Crippen LogP contribution is 2.18. The van der Waals surface area contributed by atoms with Crippen LogP contribution in [0.25, 0.3) is 0 Å². The van der Waals surface area contributed by atoms with Gasteiger partial charge in [-0.2, -0.15) is 4.72 Å². The van der Waals surface area contributed by atoms with E-state index in [1.165, 1.54) is 12.1 Å². The minimum Gasteiger partial charge on any atom is -0.480 e. The fraction of sp³-hybridized carbons (Fsp3) is 0.235. The summed E-state index contributed by atoms with van der Waals surface area (Å²) in [6.45, 7) is 0. The zero-order valence-corrected chi connectivity index (χ0v) is 14.7. The van der Waals surface area contributed by atoms with Crippen LogP contribution in [0.2, 0.25) is 5.02 Å². The summed E-state index contributed by atoms with van der Waals surface area (Å²) in [6, 6.07) is 13.1. The Kier molecular flexibility index (Phi) is 6.55. The van der Waals surface area contributed by atoms with Crippen molar-refractivity contribution in [3.05, 3.63) is 70.7 Å². The molecule has 0 spiro atoms. The number of halogens is 1. The standard InChI is InChI=1S/C17H18ClNO5S/c18-14-8-4-5-12(11-14)9-10-25(23,24)19-15(17(21)22)16(20)13-6-2-1-3-7-13/h1-8,11,15-16,19-20H,9-10H2,(H,21,22). The number of aliphatic carboxylic acids is 1. The van der Waals surface area contributed by atoms with Gasteiger partial charge in [0, 0.05) is 5.02 Å². The molecule has 2 unspecified atom stereocenters. The lowest BCUT2D eigenvalue weighted by molar-refractivity contribution is -0.141. The second kappa shape index (κ2) is 8.44. The smallest absolute Gasteiger partial charge is 0.324 e. The third-order valence-corrected chi connectivity index (χ3v) is 5.17. The average molecular weight is 384 g/mol. The van der Waals surface area contributed by atoms with Gasteiger partial charge >= 0.3 is 5.97 Å². The van der Waals surface area contributed by atoms with Gasteiger partial charge < -0.3 is 10.2 Å². The normalized spacial score (nSPS) is 14.0. The highest BCUT2D eigenvalue weighted by molar-refractivity contribution is 7.89. The Morgan fingerprint density at radius 2 is 1.80 bits per heavy atom. The molecule has 0 heterocycles. The van der Waals surface area contributed by atoms with Crippen LogP contribution in [0.5, 0.6) is 0 Å². The van der Waals surface area contributed by atoms with Crippen LogP contribution >= 0.6 is 11.6 Å². The summed E-state index contributed by atoms with van der Waals surface area (Å²) in [5, 5.41) is 20.0. The fourth-order valence-electron chi connectivity index (χ4n) is 2.29. The van der Waals surface area contributed by atoms with Crippen LogP contribution in [0.15, 0.2) is 54.6 Å². The van der Waals surface area contributed by atoms with E-state index in [1.54, 1.807) is 42.5 Å². The molecule has 3 N–H and O–H groups in total. The summed E-state index contributed by atoms with van der Waals surface area (Å²) < 4.78 is 26.5. The molecule has 0 fully saturated rings. The number of hydrogen-bond donors (Lipinski definition) is 3. The Labute approximate surface area is 151 Å². The molecule has 0 aromatic heterocycles. The third kappa shape index (κ3) is 5.82. The van der Waals surface area contributed by atoms with Crippen LogP contribution in [-0.2, 0) is 21.2 Å². The van der Waals surface area contributed by atoms with E-state index in [0.29, 0.717) is 16.1 Å². The molecule has 0 aliphatic rings. The zero-order valence-electron chi connectivity index (χ0n) is 13.2. The number of carbonyl (C=O) groups is 1. The highest BCUT2D eigenvalue weighted by atomic mass is 35.5. The van der Waals surface area contributed by atoms with Gasteiger partial charge in [-0.3, -0.25) is 4.79 Å². The van der Waals surface area contributed by atoms with Crippen molar-refractivity contribution in [2.45, 2.75) is 18.6 Å². The lowest BCUT2D eigenvalue weighted by Crippen LogP contribution is -2.46. The van der Waals surface area contributed by atoms with Crippen molar-refractivity contribution in [1.82, 2.24) is 4.72 Å². The Balaban J connectivity index is 2.08. The second-order valence-corrected chi connectivity index (χ2v) is 7.80. The van der Waals surface area contributed by atoms with Crippen molar-refractivity contribution in [3.8, 4) is 0 Å². The number of hydrogen-bond acceptors (Lipinski definition) is 4. The predicted octanol–water partition coefficient (Wildman–Crippen LogP) is 1.99. The van der Waals surface area contributed by atoms with Gasteiger partial charge in [-0.1, -0.05) is 54.1 Å². The highest BCUT2D eigenvalue weighted by Gasteiger charge is 2.31. The summed E-state index contributed by atoms with van der Waals surface area (Å²) in [7, 11) is -3.92. The first-order valence-electron chi connectivity index (χ1n) is 7.49. The van der Waals surface area contributed by atoms with Crippen molar-refractivity contribution in [2.75, 3.05) is 5.75 Å². The number of nitrogens with one attached hydrogen (secondary N) is 1. The monoisotopic (exact) mass is 383 g/mol. The van der Waals surface area contributed by atoms with E-state index in [0.717, 1.165) is 0 Å². The lowest BCUT2D eigenvalue weighted by Gasteiger charge is -2.20. The molecule has 6 nitrogen and oxygen atoms in total. The first-order valence-corrected chi connectivity index (χ1v) is 9.52. The Bertz CT molecular complexity index is 826. The van der Waals surface area contributed by atoms with Crippen LogP contribution in [0.4, 0.5) is 0 Å². The molecule has 25 heavy (non-hydrogen) atoms. The van der Waals surface area contributed by atoms with Crippen LogP contribution in [0.1, 0.15) is 17.2 Å². The van der Waals surface area contributed by atoms with E-state index >= 15 is 0 Å². The van der Waals surface area contributed by atoms with Crippen molar-refractivity contribution in [2.24, 2.45) is 0 Å². The zero-order chi connectivity index (χ0) is 18.4. The molecule has 2 aromatic rings. The van der Waals surface area contributed by atoms with Crippen molar-refractivity contribution in [1.29, 1.82) is 0 Å². The van der Waals surface area contributed by atoms with E-state index in [4.69, 9.17) is 11.6 Å². The molecule has 0 saturated carbocycles. The van der Waals surface area contributed by atoms with Crippen LogP contribution < -0.4 is 4.72 Å². The summed E-state index contributed by atoms with van der Waals surface area (Å²) in [4.78, 5) is 11.4. The Morgan fingerprint density at radius 1 is 1.12 bits per heavy atom.